The van der Waals surface area contributed by atoms with Crippen LogP contribution >= 0.6 is 11.6 Å². The molecule has 0 fully saturated rings. The molecule has 2 N–H and O–H groups in total. The summed E-state index contributed by atoms with van der Waals surface area (Å²) in [6, 6.07) is 15.4. The highest BCUT2D eigenvalue weighted by atomic mass is 35.5. The van der Waals surface area contributed by atoms with Crippen LogP contribution < -0.4 is 10.6 Å². The monoisotopic (exact) mass is 383 g/mol. The molecule has 0 saturated carbocycles. The molecule has 2 aromatic carbocycles. The number of nitrogens with one attached hydrogen (secondary N) is 2. The zero-order chi connectivity index (χ0) is 19.2. The van der Waals surface area contributed by atoms with E-state index in [0.717, 1.165) is 5.56 Å². The van der Waals surface area contributed by atoms with E-state index in [-0.39, 0.29) is 17.8 Å². The van der Waals surface area contributed by atoms with Gasteiger partial charge in [0, 0.05) is 29.0 Å². The number of halogens is 2. The molecule has 136 valence electrons. The number of anilines is 1. The zero-order valence-electron chi connectivity index (χ0n) is 14.1. The van der Waals surface area contributed by atoms with Gasteiger partial charge in [-0.25, -0.2) is 4.39 Å². The number of benzene rings is 2. The Hall–Kier alpha value is -3.25. The smallest absolute Gasteiger partial charge is 0.270 e. The van der Waals surface area contributed by atoms with Gasteiger partial charge in [0.05, 0.1) is 0 Å². The molecule has 0 unspecified atom stereocenters. The Kier molecular flexibility index (Phi) is 5.78. The summed E-state index contributed by atoms with van der Waals surface area (Å²) < 4.78 is 12.9. The van der Waals surface area contributed by atoms with Gasteiger partial charge >= 0.3 is 0 Å². The third-order valence-corrected chi connectivity index (χ3v) is 4.12. The summed E-state index contributed by atoms with van der Waals surface area (Å²) in [4.78, 5) is 28.6. The van der Waals surface area contributed by atoms with Crippen LogP contribution in [0.3, 0.4) is 0 Å². The van der Waals surface area contributed by atoms with Crippen molar-refractivity contribution in [2.45, 2.75) is 6.54 Å². The molecule has 5 nitrogen and oxygen atoms in total. The highest BCUT2D eigenvalue weighted by Gasteiger charge is 2.12. The van der Waals surface area contributed by atoms with Crippen LogP contribution in [0.25, 0.3) is 0 Å². The molecule has 0 atom stereocenters. The van der Waals surface area contributed by atoms with E-state index in [9.17, 15) is 14.0 Å². The zero-order valence-corrected chi connectivity index (χ0v) is 14.8. The predicted octanol–water partition coefficient (Wildman–Crippen LogP) is 4.06. The Morgan fingerprint density at radius 2 is 1.74 bits per heavy atom. The van der Waals surface area contributed by atoms with E-state index in [4.69, 9.17) is 11.6 Å². The van der Waals surface area contributed by atoms with E-state index in [0.29, 0.717) is 10.7 Å². The van der Waals surface area contributed by atoms with Crippen LogP contribution in [0, 0.1) is 5.82 Å². The lowest BCUT2D eigenvalue weighted by atomic mass is 10.2. The van der Waals surface area contributed by atoms with Crippen molar-refractivity contribution in [3.05, 3.63) is 94.5 Å². The average Bonchev–Trinajstić information content (AvgIpc) is 2.69. The Morgan fingerprint density at radius 3 is 2.48 bits per heavy atom. The van der Waals surface area contributed by atoms with Crippen molar-refractivity contribution >= 4 is 29.1 Å². The molecule has 3 rings (SSSR count). The van der Waals surface area contributed by atoms with Crippen LogP contribution in [-0.4, -0.2) is 16.8 Å². The first-order valence-corrected chi connectivity index (χ1v) is 8.45. The molecule has 1 aromatic heterocycles. The number of nitrogens with zero attached hydrogens (tertiary/aromatic N) is 1. The molecule has 0 bridgehead atoms. The summed E-state index contributed by atoms with van der Waals surface area (Å²) in [6.07, 6.45) is 1.38. The lowest BCUT2D eigenvalue weighted by molar-refractivity contribution is 0.0946. The van der Waals surface area contributed by atoms with Gasteiger partial charge in [0.25, 0.3) is 11.8 Å². The number of pyridine rings is 1. The predicted molar refractivity (Wildman–Crippen MR) is 101 cm³/mol. The molecule has 0 saturated heterocycles. The fourth-order valence-electron chi connectivity index (χ4n) is 2.34. The van der Waals surface area contributed by atoms with Crippen LogP contribution in [0.5, 0.6) is 0 Å². The summed E-state index contributed by atoms with van der Waals surface area (Å²) in [5.41, 5.74) is 1.59. The van der Waals surface area contributed by atoms with Crippen molar-refractivity contribution in [2.24, 2.45) is 0 Å². The molecule has 27 heavy (non-hydrogen) atoms. The molecule has 0 spiro atoms. The van der Waals surface area contributed by atoms with E-state index < -0.39 is 17.6 Å². The van der Waals surface area contributed by atoms with E-state index in [1.807, 2.05) is 12.1 Å². The van der Waals surface area contributed by atoms with Gasteiger partial charge in [-0.3, -0.25) is 14.6 Å². The van der Waals surface area contributed by atoms with Crippen LogP contribution in [0.2, 0.25) is 5.02 Å². The SMILES string of the molecule is O=C(Nc1ccc(F)cc1)c1ccnc(C(=O)NCc2ccccc2Cl)c1. The minimum Gasteiger partial charge on any atom is -0.347 e. The normalized spacial score (nSPS) is 10.3. The van der Waals surface area contributed by atoms with E-state index in [1.165, 1.54) is 42.6 Å². The number of aromatic nitrogens is 1. The Labute approximate surface area is 160 Å². The van der Waals surface area contributed by atoms with Crippen molar-refractivity contribution in [1.82, 2.24) is 10.3 Å². The van der Waals surface area contributed by atoms with Crippen LogP contribution in [-0.2, 0) is 6.54 Å². The third kappa shape index (κ3) is 4.89. The largest absolute Gasteiger partial charge is 0.347 e. The van der Waals surface area contributed by atoms with E-state index in [2.05, 4.69) is 15.6 Å². The second-order valence-corrected chi connectivity index (χ2v) is 6.07. The molecule has 0 aliphatic heterocycles. The molecule has 2 amide bonds. The van der Waals surface area contributed by atoms with Crippen molar-refractivity contribution in [3.63, 3.8) is 0 Å². The molecule has 1 heterocycles. The molecule has 3 aromatic rings. The first kappa shape index (κ1) is 18.5. The summed E-state index contributed by atoms with van der Waals surface area (Å²) in [5.74, 6) is -1.25. The molecular formula is C20H15ClFN3O2. The van der Waals surface area contributed by atoms with E-state index >= 15 is 0 Å². The second-order valence-electron chi connectivity index (χ2n) is 5.66. The number of carbonyl (C=O) groups is 2. The number of amides is 2. The van der Waals surface area contributed by atoms with Gasteiger partial charge in [0.1, 0.15) is 11.5 Å². The van der Waals surface area contributed by atoms with Crippen molar-refractivity contribution < 1.29 is 14.0 Å². The van der Waals surface area contributed by atoms with Gasteiger partial charge in [-0.2, -0.15) is 0 Å². The van der Waals surface area contributed by atoms with Gasteiger partial charge in [0.2, 0.25) is 0 Å². The van der Waals surface area contributed by atoms with Gasteiger partial charge in [-0.15, -0.1) is 0 Å². The maximum absolute atomic E-state index is 12.9. The molecule has 7 heteroatoms. The van der Waals surface area contributed by atoms with Crippen LogP contribution in [0.15, 0.2) is 66.9 Å². The Balaban J connectivity index is 1.67. The standard InChI is InChI=1S/C20H15ClFN3O2/c21-17-4-2-1-3-14(17)12-24-20(27)18-11-13(9-10-23-18)19(26)25-16-7-5-15(22)6-8-16/h1-11H,12H2,(H,24,27)(H,25,26). The number of carbonyl (C=O) groups excluding carboxylic acids is 2. The van der Waals surface area contributed by atoms with Gasteiger partial charge in [-0.05, 0) is 48.0 Å². The van der Waals surface area contributed by atoms with Crippen molar-refractivity contribution in [1.29, 1.82) is 0 Å². The molecule has 0 radical (unpaired) electrons. The van der Waals surface area contributed by atoms with Crippen molar-refractivity contribution in [2.75, 3.05) is 5.32 Å². The molecular weight excluding hydrogens is 369 g/mol. The topological polar surface area (TPSA) is 71.1 Å². The lowest BCUT2D eigenvalue weighted by Gasteiger charge is -2.08. The minimum atomic E-state index is -0.427. The minimum absolute atomic E-state index is 0.105. The summed E-state index contributed by atoms with van der Waals surface area (Å²) in [7, 11) is 0. The van der Waals surface area contributed by atoms with Gasteiger partial charge in [0.15, 0.2) is 0 Å². The second kappa shape index (κ2) is 8.42. The van der Waals surface area contributed by atoms with Crippen LogP contribution in [0.4, 0.5) is 10.1 Å². The number of hydrogen-bond donors (Lipinski definition) is 2. The molecule has 0 aliphatic rings. The van der Waals surface area contributed by atoms with E-state index in [1.54, 1.807) is 12.1 Å². The Bertz CT molecular complexity index is 977. The summed E-state index contributed by atoms with van der Waals surface area (Å²) in [5, 5.41) is 5.91. The third-order valence-electron chi connectivity index (χ3n) is 3.75. The Morgan fingerprint density at radius 1 is 1.00 bits per heavy atom. The van der Waals surface area contributed by atoms with Crippen LogP contribution in [0.1, 0.15) is 26.4 Å². The fraction of sp³-hybridized carbons (Fsp3) is 0.0500. The number of hydrogen-bond acceptors (Lipinski definition) is 3. The van der Waals surface area contributed by atoms with Gasteiger partial charge in [-0.1, -0.05) is 29.8 Å². The first-order valence-electron chi connectivity index (χ1n) is 8.07. The molecule has 0 aliphatic carbocycles. The summed E-state index contributed by atoms with van der Waals surface area (Å²) in [6.45, 7) is 0.242. The maximum Gasteiger partial charge on any atom is 0.270 e. The average molecular weight is 384 g/mol. The lowest BCUT2D eigenvalue weighted by Crippen LogP contribution is -2.24. The number of rotatable bonds is 5. The van der Waals surface area contributed by atoms with Crippen molar-refractivity contribution in [3.8, 4) is 0 Å². The highest BCUT2D eigenvalue weighted by molar-refractivity contribution is 6.31. The first-order chi connectivity index (χ1) is 13.0. The van der Waals surface area contributed by atoms with Gasteiger partial charge < -0.3 is 10.6 Å². The quantitative estimate of drug-likeness (QED) is 0.698. The highest BCUT2D eigenvalue weighted by Crippen LogP contribution is 2.15. The fourth-order valence-corrected chi connectivity index (χ4v) is 2.54. The summed E-state index contributed by atoms with van der Waals surface area (Å²) >= 11 is 6.06. The maximum atomic E-state index is 12.9.